The number of thiophene rings is 1. The predicted octanol–water partition coefficient (Wildman–Crippen LogP) is 1.66. The van der Waals surface area contributed by atoms with Crippen molar-refractivity contribution in [3.8, 4) is 11.5 Å². The molecule has 1 aromatic carbocycles. The smallest absolute Gasteiger partial charge is 0.262 e. The second kappa shape index (κ2) is 6.24. The van der Waals surface area contributed by atoms with Crippen LogP contribution in [-0.4, -0.2) is 28.5 Å². The minimum Gasteiger partial charge on any atom is -0.497 e. The van der Waals surface area contributed by atoms with Gasteiger partial charge in [-0.1, -0.05) is 0 Å². The van der Waals surface area contributed by atoms with Gasteiger partial charge in [0.15, 0.2) is 0 Å². The zero-order valence-corrected chi connectivity index (χ0v) is 13.5. The Morgan fingerprint density at radius 1 is 1.23 bits per heavy atom. The van der Waals surface area contributed by atoms with Gasteiger partial charge >= 0.3 is 0 Å². The van der Waals surface area contributed by atoms with Crippen LogP contribution in [-0.2, 0) is 10.0 Å². The molecule has 0 atom stereocenters. The van der Waals surface area contributed by atoms with Crippen molar-refractivity contribution in [3.05, 3.63) is 34.5 Å². The van der Waals surface area contributed by atoms with Crippen molar-refractivity contribution in [1.82, 2.24) is 0 Å². The fourth-order valence-corrected chi connectivity index (χ4v) is 3.87. The Kier molecular flexibility index (Phi) is 4.57. The lowest BCUT2D eigenvalue weighted by Gasteiger charge is -2.12. The fraction of sp³-hybridized carbons (Fsp3) is 0.154. The first-order valence-corrected chi connectivity index (χ1v) is 8.37. The van der Waals surface area contributed by atoms with Crippen molar-refractivity contribution >= 4 is 33.0 Å². The maximum Gasteiger partial charge on any atom is 0.262 e. The topological polar surface area (TPSA) is 108 Å². The van der Waals surface area contributed by atoms with Gasteiger partial charge in [0.2, 0.25) is 0 Å². The quantitative estimate of drug-likeness (QED) is 0.830. The average Bonchev–Trinajstić information content (AvgIpc) is 2.98. The molecule has 0 saturated heterocycles. The number of benzene rings is 1. The maximum absolute atomic E-state index is 12.3. The summed E-state index contributed by atoms with van der Waals surface area (Å²) in [5, 5.41) is 1.35. The largest absolute Gasteiger partial charge is 0.497 e. The van der Waals surface area contributed by atoms with E-state index < -0.39 is 15.9 Å². The van der Waals surface area contributed by atoms with Crippen molar-refractivity contribution in [2.45, 2.75) is 4.90 Å². The Morgan fingerprint density at radius 2 is 1.95 bits per heavy atom. The minimum absolute atomic E-state index is 0.0378. The van der Waals surface area contributed by atoms with E-state index in [1.807, 2.05) is 0 Å². The molecule has 1 amide bonds. The number of rotatable bonds is 6. The SMILES string of the molecule is COc1ccc(NS(=O)(=O)c2csc(C(N)=O)c2)c(OC)c1. The number of nitrogens with one attached hydrogen (secondary N) is 1. The van der Waals surface area contributed by atoms with E-state index in [2.05, 4.69) is 4.72 Å². The summed E-state index contributed by atoms with van der Waals surface area (Å²) in [5.74, 6) is 0.174. The Balaban J connectivity index is 2.33. The molecule has 118 valence electrons. The van der Waals surface area contributed by atoms with Crippen LogP contribution in [0.5, 0.6) is 11.5 Å². The number of carbonyl (C=O) groups is 1. The number of hydrogen-bond acceptors (Lipinski definition) is 6. The average molecular weight is 342 g/mol. The van der Waals surface area contributed by atoms with Crippen LogP contribution in [0.15, 0.2) is 34.5 Å². The Morgan fingerprint density at radius 3 is 2.50 bits per heavy atom. The Labute approximate surface area is 131 Å². The van der Waals surface area contributed by atoms with Gasteiger partial charge in [0.05, 0.1) is 29.7 Å². The molecule has 0 radical (unpaired) electrons. The van der Waals surface area contributed by atoms with E-state index >= 15 is 0 Å². The summed E-state index contributed by atoms with van der Waals surface area (Å²) < 4.78 is 37.2. The molecule has 1 aromatic heterocycles. The molecule has 7 nitrogen and oxygen atoms in total. The molecule has 0 bridgehead atoms. The van der Waals surface area contributed by atoms with E-state index in [0.717, 1.165) is 11.3 Å². The molecule has 3 N–H and O–H groups in total. The number of ether oxygens (including phenoxy) is 2. The zero-order chi connectivity index (χ0) is 16.3. The van der Waals surface area contributed by atoms with Gasteiger partial charge in [0.1, 0.15) is 11.5 Å². The number of methoxy groups -OCH3 is 2. The molecule has 0 fully saturated rings. The van der Waals surface area contributed by atoms with Crippen molar-refractivity contribution < 1.29 is 22.7 Å². The van der Waals surface area contributed by atoms with Gasteiger partial charge in [-0.3, -0.25) is 9.52 Å². The molecule has 9 heteroatoms. The summed E-state index contributed by atoms with van der Waals surface area (Å²) in [4.78, 5) is 11.2. The van der Waals surface area contributed by atoms with Gasteiger partial charge in [0.25, 0.3) is 15.9 Å². The lowest BCUT2D eigenvalue weighted by atomic mass is 10.3. The molecule has 0 unspecified atom stereocenters. The van der Waals surface area contributed by atoms with Crippen LogP contribution in [0.1, 0.15) is 9.67 Å². The third kappa shape index (κ3) is 3.31. The van der Waals surface area contributed by atoms with E-state index in [4.69, 9.17) is 15.2 Å². The molecular formula is C13H14N2O5S2. The third-order valence-corrected chi connectivity index (χ3v) is 5.22. The number of sulfonamides is 1. The Hall–Kier alpha value is -2.26. The van der Waals surface area contributed by atoms with E-state index in [0.29, 0.717) is 11.5 Å². The number of primary amides is 1. The highest BCUT2D eigenvalue weighted by molar-refractivity contribution is 7.92. The fourth-order valence-electron chi connectivity index (χ4n) is 1.68. The van der Waals surface area contributed by atoms with Crippen molar-refractivity contribution in [2.75, 3.05) is 18.9 Å². The second-order valence-corrected chi connectivity index (χ2v) is 6.78. The number of carbonyl (C=O) groups excluding carboxylic acids is 1. The summed E-state index contributed by atoms with van der Waals surface area (Å²) in [6, 6.07) is 5.91. The van der Waals surface area contributed by atoms with Gasteiger partial charge < -0.3 is 15.2 Å². The van der Waals surface area contributed by atoms with Crippen molar-refractivity contribution in [3.63, 3.8) is 0 Å². The third-order valence-electron chi connectivity index (χ3n) is 2.78. The lowest BCUT2D eigenvalue weighted by Crippen LogP contribution is -2.13. The number of hydrogen-bond donors (Lipinski definition) is 2. The van der Waals surface area contributed by atoms with Crippen LogP contribution in [0.2, 0.25) is 0 Å². The van der Waals surface area contributed by atoms with E-state index in [-0.39, 0.29) is 15.5 Å². The highest BCUT2D eigenvalue weighted by Gasteiger charge is 2.20. The van der Waals surface area contributed by atoms with Crippen LogP contribution < -0.4 is 19.9 Å². The molecule has 0 spiro atoms. The molecule has 0 aliphatic rings. The Bertz CT molecular complexity index is 799. The van der Waals surface area contributed by atoms with Crippen LogP contribution in [0, 0.1) is 0 Å². The van der Waals surface area contributed by atoms with Crippen LogP contribution in [0.25, 0.3) is 0 Å². The first kappa shape index (κ1) is 16.1. The molecule has 2 aromatic rings. The number of amides is 1. The summed E-state index contributed by atoms with van der Waals surface area (Å²) in [7, 11) is -0.932. The standard InChI is InChI=1S/C13H14N2O5S2/c1-19-8-3-4-10(11(5-8)20-2)15-22(17,18)9-6-12(13(14)16)21-7-9/h3-7,15H,1-2H3,(H2,14,16). The zero-order valence-electron chi connectivity index (χ0n) is 11.8. The minimum atomic E-state index is -3.85. The van der Waals surface area contributed by atoms with E-state index in [1.54, 1.807) is 12.1 Å². The summed E-state index contributed by atoms with van der Waals surface area (Å²) in [6.07, 6.45) is 0. The maximum atomic E-state index is 12.3. The summed E-state index contributed by atoms with van der Waals surface area (Å²) in [5.41, 5.74) is 5.38. The van der Waals surface area contributed by atoms with E-state index in [1.165, 1.54) is 31.7 Å². The van der Waals surface area contributed by atoms with Crippen molar-refractivity contribution in [1.29, 1.82) is 0 Å². The monoisotopic (exact) mass is 342 g/mol. The number of nitrogens with two attached hydrogens (primary N) is 1. The van der Waals surface area contributed by atoms with Gasteiger partial charge in [-0.25, -0.2) is 8.42 Å². The molecule has 0 aliphatic carbocycles. The van der Waals surface area contributed by atoms with Crippen LogP contribution >= 0.6 is 11.3 Å². The molecule has 1 heterocycles. The number of anilines is 1. The van der Waals surface area contributed by atoms with Gasteiger partial charge in [-0.15, -0.1) is 11.3 Å². The second-order valence-electron chi connectivity index (χ2n) is 4.18. The first-order valence-electron chi connectivity index (χ1n) is 6.00. The van der Waals surface area contributed by atoms with Crippen molar-refractivity contribution in [2.24, 2.45) is 5.73 Å². The molecule has 22 heavy (non-hydrogen) atoms. The normalized spacial score (nSPS) is 11.0. The molecule has 2 rings (SSSR count). The van der Waals surface area contributed by atoms with Crippen LogP contribution in [0.3, 0.4) is 0 Å². The van der Waals surface area contributed by atoms with Gasteiger partial charge in [-0.05, 0) is 18.2 Å². The van der Waals surface area contributed by atoms with Crippen LogP contribution in [0.4, 0.5) is 5.69 Å². The molecule has 0 aliphatic heterocycles. The van der Waals surface area contributed by atoms with Gasteiger partial charge in [-0.2, -0.15) is 0 Å². The summed E-state index contributed by atoms with van der Waals surface area (Å²) >= 11 is 0.966. The first-order chi connectivity index (χ1) is 10.4. The highest BCUT2D eigenvalue weighted by Crippen LogP contribution is 2.31. The predicted molar refractivity (Wildman–Crippen MR) is 83.2 cm³/mol. The highest BCUT2D eigenvalue weighted by atomic mass is 32.2. The molecular weight excluding hydrogens is 328 g/mol. The molecule has 0 saturated carbocycles. The summed E-state index contributed by atoms with van der Waals surface area (Å²) in [6.45, 7) is 0. The van der Waals surface area contributed by atoms with E-state index in [9.17, 15) is 13.2 Å². The van der Waals surface area contributed by atoms with Gasteiger partial charge in [0, 0.05) is 11.4 Å². The lowest BCUT2D eigenvalue weighted by molar-refractivity contribution is 0.100.